The number of carbonyl (C=O) groups excluding carboxylic acids is 1. The molecule has 4 rings (SSSR count). The molecule has 1 aromatic carbocycles. The van der Waals surface area contributed by atoms with Crippen LogP contribution in [0.1, 0.15) is 24.7 Å². The Morgan fingerprint density at radius 1 is 1.13 bits per heavy atom. The number of benzene rings is 1. The summed E-state index contributed by atoms with van der Waals surface area (Å²) in [6.45, 7) is -0.0277. The third-order valence-electron chi connectivity index (χ3n) is 5.31. The third kappa shape index (κ3) is 6.38. The zero-order chi connectivity index (χ0) is 28.5. The molecular formula is C22H19Cl2F3N8O4. The molecule has 2 atom stereocenters. The van der Waals surface area contributed by atoms with E-state index >= 15 is 0 Å². The molecule has 0 saturated carbocycles. The summed E-state index contributed by atoms with van der Waals surface area (Å²) < 4.78 is 47.1. The fourth-order valence-corrected chi connectivity index (χ4v) is 3.76. The maximum atomic E-state index is 13.2. The van der Waals surface area contributed by atoms with Gasteiger partial charge in [0.1, 0.15) is 6.54 Å². The Labute approximate surface area is 227 Å². The highest BCUT2D eigenvalue weighted by Gasteiger charge is 2.39. The predicted octanol–water partition coefficient (Wildman–Crippen LogP) is 3.12. The van der Waals surface area contributed by atoms with Gasteiger partial charge in [-0.1, -0.05) is 23.2 Å². The first kappa shape index (κ1) is 28.1. The van der Waals surface area contributed by atoms with Gasteiger partial charge in [-0.25, -0.2) is 24.2 Å². The summed E-state index contributed by atoms with van der Waals surface area (Å²) in [6, 6.07) is 8.92. The van der Waals surface area contributed by atoms with Gasteiger partial charge in [0, 0.05) is 16.8 Å². The van der Waals surface area contributed by atoms with Crippen LogP contribution in [-0.4, -0.2) is 57.6 Å². The number of rotatable bonds is 8. The zero-order valence-electron chi connectivity index (χ0n) is 19.9. The van der Waals surface area contributed by atoms with Crippen molar-refractivity contribution in [1.82, 2.24) is 34.1 Å². The van der Waals surface area contributed by atoms with Crippen molar-refractivity contribution in [3.8, 4) is 17.2 Å². The SMILES string of the molecule is CC(OC(N)=O)c1nc(Cn2nc(-c3ccc(Cl)cc3)n(CC(O)C(F)(F)F)c2=O)nn1-c1ccc(Cl)cn1. The summed E-state index contributed by atoms with van der Waals surface area (Å²) in [5, 5.41) is 18.8. The molecule has 206 valence electrons. The van der Waals surface area contributed by atoms with Crippen molar-refractivity contribution in [2.24, 2.45) is 5.73 Å². The molecule has 0 spiro atoms. The van der Waals surface area contributed by atoms with Gasteiger partial charge < -0.3 is 15.6 Å². The van der Waals surface area contributed by atoms with E-state index < -0.39 is 43.3 Å². The van der Waals surface area contributed by atoms with E-state index in [4.69, 9.17) is 33.7 Å². The van der Waals surface area contributed by atoms with Crippen molar-refractivity contribution in [3.63, 3.8) is 0 Å². The average molecular weight is 587 g/mol. The molecule has 17 heteroatoms. The summed E-state index contributed by atoms with van der Waals surface area (Å²) in [7, 11) is 0. The van der Waals surface area contributed by atoms with Gasteiger partial charge in [0.15, 0.2) is 35.5 Å². The zero-order valence-corrected chi connectivity index (χ0v) is 21.4. The number of nitrogens with two attached hydrogens (primary N) is 1. The lowest BCUT2D eigenvalue weighted by Gasteiger charge is -2.15. The molecule has 0 bridgehead atoms. The Balaban J connectivity index is 1.77. The first-order chi connectivity index (χ1) is 18.3. The molecule has 0 radical (unpaired) electrons. The van der Waals surface area contributed by atoms with Crippen LogP contribution >= 0.6 is 23.2 Å². The Morgan fingerprint density at radius 2 is 1.79 bits per heavy atom. The first-order valence-corrected chi connectivity index (χ1v) is 11.8. The number of hydrogen-bond donors (Lipinski definition) is 2. The molecule has 4 aromatic rings. The maximum absolute atomic E-state index is 13.2. The molecule has 39 heavy (non-hydrogen) atoms. The van der Waals surface area contributed by atoms with Crippen LogP contribution in [0, 0.1) is 0 Å². The van der Waals surface area contributed by atoms with Crippen LogP contribution in [0.4, 0.5) is 18.0 Å². The molecule has 0 aliphatic carbocycles. The van der Waals surface area contributed by atoms with Crippen molar-refractivity contribution in [1.29, 1.82) is 0 Å². The summed E-state index contributed by atoms with van der Waals surface area (Å²) in [4.78, 5) is 32.9. The Hall–Kier alpha value is -3.95. The van der Waals surface area contributed by atoms with Gasteiger partial charge in [0.2, 0.25) is 0 Å². The van der Waals surface area contributed by atoms with E-state index in [0.29, 0.717) is 14.6 Å². The van der Waals surface area contributed by atoms with E-state index in [2.05, 4.69) is 20.2 Å². The number of primary amides is 1. The minimum Gasteiger partial charge on any atom is -0.438 e. The van der Waals surface area contributed by atoms with Gasteiger partial charge in [0.25, 0.3) is 0 Å². The van der Waals surface area contributed by atoms with E-state index in [1.807, 2.05) is 0 Å². The highest BCUT2D eigenvalue weighted by atomic mass is 35.5. The topological polar surface area (TPSA) is 156 Å². The number of alkyl halides is 3. The molecule has 3 aromatic heterocycles. The van der Waals surface area contributed by atoms with Gasteiger partial charge in [-0.3, -0.25) is 4.57 Å². The van der Waals surface area contributed by atoms with Crippen molar-refractivity contribution in [2.75, 3.05) is 0 Å². The van der Waals surface area contributed by atoms with E-state index in [9.17, 15) is 27.9 Å². The van der Waals surface area contributed by atoms with Gasteiger partial charge in [-0.2, -0.15) is 17.9 Å². The summed E-state index contributed by atoms with van der Waals surface area (Å²) in [5.41, 5.74) is 4.44. The minimum atomic E-state index is -4.98. The average Bonchev–Trinajstić information content (AvgIpc) is 3.41. The minimum absolute atomic E-state index is 0.0209. The first-order valence-electron chi connectivity index (χ1n) is 11.1. The normalized spacial score (nSPS) is 13.3. The largest absolute Gasteiger partial charge is 0.438 e. The number of aliphatic hydroxyl groups is 1. The molecule has 0 aliphatic heterocycles. The second-order valence-electron chi connectivity index (χ2n) is 8.15. The van der Waals surface area contributed by atoms with Crippen LogP contribution in [0.25, 0.3) is 17.2 Å². The van der Waals surface area contributed by atoms with Crippen LogP contribution in [-0.2, 0) is 17.8 Å². The van der Waals surface area contributed by atoms with Crippen molar-refractivity contribution < 1.29 is 27.8 Å². The number of pyridine rings is 1. The van der Waals surface area contributed by atoms with Crippen molar-refractivity contribution >= 4 is 29.3 Å². The van der Waals surface area contributed by atoms with Crippen LogP contribution in [0.3, 0.4) is 0 Å². The number of carbonyl (C=O) groups is 1. The number of aliphatic hydroxyl groups excluding tert-OH is 1. The van der Waals surface area contributed by atoms with E-state index in [1.54, 1.807) is 0 Å². The third-order valence-corrected chi connectivity index (χ3v) is 5.79. The molecule has 3 N–H and O–H groups in total. The molecule has 0 fully saturated rings. The number of amides is 1. The molecule has 2 unspecified atom stereocenters. The van der Waals surface area contributed by atoms with Crippen LogP contribution in [0.15, 0.2) is 47.4 Å². The van der Waals surface area contributed by atoms with Gasteiger partial charge >= 0.3 is 18.0 Å². The number of hydrogen-bond acceptors (Lipinski definition) is 8. The standard InChI is InChI=1S/C22H19Cl2F3N8O4/c1-11(39-20(28)37)18-30-16(31-35(18)17-7-6-14(24)8-29-17)10-34-21(38)33(9-15(36)22(25,26)27)19(32-34)12-2-4-13(23)5-3-12/h2-8,11,15,36H,9-10H2,1H3,(H2,28,37). The summed E-state index contributed by atoms with van der Waals surface area (Å²) in [5.74, 6) is 0.148. The van der Waals surface area contributed by atoms with E-state index in [1.165, 1.54) is 54.2 Å². The number of aromatic nitrogens is 7. The lowest BCUT2D eigenvalue weighted by atomic mass is 10.2. The lowest BCUT2D eigenvalue weighted by molar-refractivity contribution is -0.207. The number of nitrogens with zero attached hydrogens (tertiary/aromatic N) is 7. The number of ether oxygens (including phenoxy) is 1. The van der Waals surface area contributed by atoms with Gasteiger partial charge in [-0.15, -0.1) is 10.2 Å². The van der Waals surface area contributed by atoms with Gasteiger partial charge in [0.05, 0.1) is 11.6 Å². The second kappa shape index (κ2) is 11.0. The molecule has 0 saturated heterocycles. The Morgan fingerprint density at radius 3 is 2.38 bits per heavy atom. The Bertz CT molecular complexity index is 1530. The Kier molecular flexibility index (Phi) is 7.94. The summed E-state index contributed by atoms with van der Waals surface area (Å²) >= 11 is 11.8. The van der Waals surface area contributed by atoms with Crippen LogP contribution in [0.2, 0.25) is 10.0 Å². The number of halogens is 5. The fourth-order valence-electron chi connectivity index (χ4n) is 3.52. The van der Waals surface area contributed by atoms with Gasteiger partial charge in [-0.05, 0) is 43.3 Å². The summed E-state index contributed by atoms with van der Waals surface area (Å²) in [6.07, 6.45) is -8.53. The fraction of sp³-hybridized carbons (Fsp3) is 0.273. The van der Waals surface area contributed by atoms with Crippen molar-refractivity contribution in [3.05, 3.63) is 74.8 Å². The molecular weight excluding hydrogens is 568 g/mol. The monoisotopic (exact) mass is 586 g/mol. The molecule has 12 nitrogen and oxygen atoms in total. The smallest absolute Gasteiger partial charge is 0.416 e. The van der Waals surface area contributed by atoms with Crippen molar-refractivity contribution in [2.45, 2.75) is 38.4 Å². The molecule has 3 heterocycles. The van der Waals surface area contributed by atoms with Crippen LogP contribution < -0.4 is 11.4 Å². The quantitative estimate of drug-likeness (QED) is 0.319. The highest BCUT2D eigenvalue weighted by molar-refractivity contribution is 6.30. The van der Waals surface area contributed by atoms with Crippen LogP contribution in [0.5, 0.6) is 0 Å². The lowest BCUT2D eigenvalue weighted by Crippen LogP contribution is -2.37. The van der Waals surface area contributed by atoms with E-state index in [0.717, 1.165) is 4.68 Å². The maximum Gasteiger partial charge on any atom is 0.416 e. The highest BCUT2D eigenvalue weighted by Crippen LogP contribution is 2.24. The second-order valence-corrected chi connectivity index (χ2v) is 9.02. The molecule has 1 amide bonds. The molecule has 0 aliphatic rings. The predicted molar refractivity (Wildman–Crippen MR) is 131 cm³/mol. The van der Waals surface area contributed by atoms with E-state index in [-0.39, 0.29) is 28.9 Å².